The molecule has 0 heterocycles. The molecular formula is C15H23ClN2O3. The molecule has 1 amide bonds. The van der Waals surface area contributed by atoms with E-state index < -0.39 is 5.41 Å². The molecule has 0 aromatic heterocycles. The molecule has 0 saturated carbocycles. The molecule has 0 aliphatic carbocycles. The molecule has 0 spiro atoms. The van der Waals surface area contributed by atoms with E-state index in [1.807, 2.05) is 11.9 Å². The van der Waals surface area contributed by atoms with Gasteiger partial charge in [-0.3, -0.25) is 4.79 Å². The van der Waals surface area contributed by atoms with Gasteiger partial charge in [-0.25, -0.2) is 0 Å². The van der Waals surface area contributed by atoms with Gasteiger partial charge in [0.05, 0.1) is 13.2 Å². The van der Waals surface area contributed by atoms with Gasteiger partial charge in [0.1, 0.15) is 0 Å². The van der Waals surface area contributed by atoms with E-state index in [9.17, 15) is 15.0 Å². The normalized spacial score (nSPS) is 11.7. The lowest BCUT2D eigenvalue weighted by atomic mass is 9.92. The monoisotopic (exact) mass is 314 g/mol. The number of rotatable bonds is 8. The molecule has 1 aromatic carbocycles. The second kappa shape index (κ2) is 8.34. The number of hydrogen-bond donors (Lipinski definition) is 3. The Morgan fingerprint density at radius 2 is 1.86 bits per heavy atom. The summed E-state index contributed by atoms with van der Waals surface area (Å²) in [7, 11) is 1.86. The summed E-state index contributed by atoms with van der Waals surface area (Å²) in [6.45, 7) is 2.69. The van der Waals surface area contributed by atoms with Crippen LogP contribution in [0.1, 0.15) is 13.3 Å². The van der Waals surface area contributed by atoms with Crippen molar-refractivity contribution in [1.82, 2.24) is 4.90 Å². The van der Waals surface area contributed by atoms with E-state index in [0.29, 0.717) is 30.2 Å². The minimum absolute atomic E-state index is 0.0844. The zero-order chi connectivity index (χ0) is 15.9. The first-order chi connectivity index (χ1) is 9.88. The van der Waals surface area contributed by atoms with E-state index in [1.165, 1.54) is 0 Å². The number of carbonyl (C=O) groups excluding carboxylic acids is 1. The highest BCUT2D eigenvalue weighted by molar-refractivity contribution is 6.30. The van der Waals surface area contributed by atoms with E-state index >= 15 is 0 Å². The number of carbonyl (C=O) groups is 1. The maximum atomic E-state index is 11.8. The van der Waals surface area contributed by atoms with Crippen molar-refractivity contribution in [2.24, 2.45) is 5.41 Å². The molecule has 0 aliphatic rings. The average Bonchev–Trinajstić information content (AvgIpc) is 2.47. The molecule has 0 bridgehead atoms. The van der Waals surface area contributed by atoms with Crippen LogP contribution in [0, 0.1) is 5.41 Å². The Hall–Kier alpha value is -1.14. The molecular weight excluding hydrogens is 292 g/mol. The standard InChI is InChI=1S/C15H23ClN2O3/c1-15(10-19,11-20)9-18(2)8-7-14(21)17-13-5-3-12(16)4-6-13/h3-6,19-20H,7-11H2,1-2H3,(H,17,21). The number of anilines is 1. The van der Waals surface area contributed by atoms with E-state index in [2.05, 4.69) is 5.32 Å². The van der Waals surface area contributed by atoms with Crippen molar-refractivity contribution in [2.75, 3.05) is 38.7 Å². The van der Waals surface area contributed by atoms with Crippen molar-refractivity contribution in [1.29, 1.82) is 0 Å². The molecule has 0 unspecified atom stereocenters. The largest absolute Gasteiger partial charge is 0.396 e. The number of aliphatic hydroxyl groups is 2. The van der Waals surface area contributed by atoms with Gasteiger partial charge in [-0.1, -0.05) is 18.5 Å². The highest BCUT2D eigenvalue weighted by Crippen LogP contribution is 2.16. The lowest BCUT2D eigenvalue weighted by Crippen LogP contribution is -2.40. The third-order valence-electron chi connectivity index (χ3n) is 3.26. The van der Waals surface area contributed by atoms with Crippen LogP contribution >= 0.6 is 11.6 Å². The molecule has 0 saturated heterocycles. The minimum atomic E-state index is -0.554. The van der Waals surface area contributed by atoms with Crippen molar-refractivity contribution in [3.8, 4) is 0 Å². The topological polar surface area (TPSA) is 72.8 Å². The maximum absolute atomic E-state index is 11.8. The number of hydrogen-bond acceptors (Lipinski definition) is 4. The Balaban J connectivity index is 2.37. The second-order valence-corrected chi connectivity index (χ2v) is 6.11. The summed E-state index contributed by atoms with van der Waals surface area (Å²) in [5.74, 6) is -0.0844. The lowest BCUT2D eigenvalue weighted by molar-refractivity contribution is -0.116. The Bertz CT molecular complexity index is 447. The zero-order valence-corrected chi connectivity index (χ0v) is 13.2. The first-order valence-corrected chi connectivity index (χ1v) is 7.22. The van der Waals surface area contributed by atoms with E-state index in [0.717, 1.165) is 0 Å². The number of halogens is 1. The van der Waals surface area contributed by atoms with Gasteiger partial charge in [0, 0.05) is 35.6 Å². The van der Waals surface area contributed by atoms with Gasteiger partial charge in [0.15, 0.2) is 0 Å². The second-order valence-electron chi connectivity index (χ2n) is 5.67. The van der Waals surface area contributed by atoms with Crippen molar-refractivity contribution >= 4 is 23.2 Å². The fraction of sp³-hybridized carbons (Fsp3) is 0.533. The summed E-state index contributed by atoms with van der Waals surface area (Å²) < 4.78 is 0. The zero-order valence-electron chi connectivity index (χ0n) is 12.5. The van der Waals surface area contributed by atoms with Gasteiger partial charge in [-0.15, -0.1) is 0 Å². The quantitative estimate of drug-likeness (QED) is 0.681. The predicted octanol–water partition coefficient (Wildman–Crippen LogP) is 1.59. The summed E-state index contributed by atoms with van der Waals surface area (Å²) in [4.78, 5) is 13.8. The van der Waals surface area contributed by atoms with Gasteiger partial charge in [-0.2, -0.15) is 0 Å². The van der Waals surface area contributed by atoms with Gasteiger partial charge < -0.3 is 20.4 Å². The molecule has 3 N–H and O–H groups in total. The number of amides is 1. The van der Waals surface area contributed by atoms with Crippen LogP contribution in [0.4, 0.5) is 5.69 Å². The first kappa shape index (κ1) is 17.9. The highest BCUT2D eigenvalue weighted by atomic mass is 35.5. The minimum Gasteiger partial charge on any atom is -0.396 e. The summed E-state index contributed by atoms with van der Waals surface area (Å²) >= 11 is 5.78. The van der Waals surface area contributed by atoms with Crippen LogP contribution in [0.15, 0.2) is 24.3 Å². The number of aliphatic hydroxyl groups excluding tert-OH is 2. The first-order valence-electron chi connectivity index (χ1n) is 6.84. The smallest absolute Gasteiger partial charge is 0.225 e. The van der Waals surface area contributed by atoms with Gasteiger partial charge in [-0.05, 0) is 31.3 Å². The Morgan fingerprint density at radius 1 is 1.29 bits per heavy atom. The highest BCUT2D eigenvalue weighted by Gasteiger charge is 2.24. The molecule has 0 radical (unpaired) electrons. The van der Waals surface area contributed by atoms with Crippen LogP contribution in [-0.4, -0.2) is 54.4 Å². The molecule has 118 valence electrons. The van der Waals surface area contributed by atoms with Crippen LogP contribution in [-0.2, 0) is 4.79 Å². The van der Waals surface area contributed by atoms with Gasteiger partial charge in [0.2, 0.25) is 5.91 Å². The van der Waals surface area contributed by atoms with E-state index in [-0.39, 0.29) is 19.1 Å². The number of nitrogens with zero attached hydrogens (tertiary/aromatic N) is 1. The predicted molar refractivity (Wildman–Crippen MR) is 84.5 cm³/mol. The molecule has 5 nitrogen and oxygen atoms in total. The van der Waals surface area contributed by atoms with Gasteiger partial charge >= 0.3 is 0 Å². The van der Waals surface area contributed by atoms with Crippen LogP contribution in [0.2, 0.25) is 5.02 Å². The molecule has 1 rings (SSSR count). The van der Waals surface area contributed by atoms with Crippen LogP contribution in [0.25, 0.3) is 0 Å². The lowest BCUT2D eigenvalue weighted by Gasteiger charge is -2.30. The fourth-order valence-corrected chi connectivity index (χ4v) is 2.06. The van der Waals surface area contributed by atoms with Gasteiger partial charge in [0.25, 0.3) is 0 Å². The van der Waals surface area contributed by atoms with E-state index in [4.69, 9.17) is 11.6 Å². The van der Waals surface area contributed by atoms with Crippen molar-refractivity contribution in [3.63, 3.8) is 0 Å². The van der Waals surface area contributed by atoms with Crippen LogP contribution in [0.3, 0.4) is 0 Å². The number of benzene rings is 1. The summed E-state index contributed by atoms with van der Waals surface area (Å²) in [5, 5.41) is 21.9. The molecule has 21 heavy (non-hydrogen) atoms. The van der Waals surface area contributed by atoms with Crippen molar-refractivity contribution < 1.29 is 15.0 Å². The molecule has 0 fully saturated rings. The SMILES string of the molecule is CN(CCC(=O)Nc1ccc(Cl)cc1)CC(C)(CO)CO. The average molecular weight is 315 g/mol. The molecule has 0 atom stereocenters. The Morgan fingerprint density at radius 3 is 2.38 bits per heavy atom. The molecule has 1 aromatic rings. The van der Waals surface area contributed by atoms with Crippen LogP contribution < -0.4 is 5.32 Å². The summed E-state index contributed by atoms with van der Waals surface area (Å²) in [6.07, 6.45) is 0.339. The Labute approximate surface area is 130 Å². The maximum Gasteiger partial charge on any atom is 0.225 e. The molecule has 0 aliphatic heterocycles. The number of nitrogens with one attached hydrogen (secondary N) is 1. The van der Waals surface area contributed by atoms with Crippen molar-refractivity contribution in [3.05, 3.63) is 29.3 Å². The fourth-order valence-electron chi connectivity index (χ4n) is 1.93. The van der Waals surface area contributed by atoms with Crippen molar-refractivity contribution in [2.45, 2.75) is 13.3 Å². The Kier molecular flexibility index (Phi) is 7.11. The van der Waals surface area contributed by atoms with Crippen LogP contribution in [0.5, 0.6) is 0 Å². The third-order valence-corrected chi connectivity index (χ3v) is 3.52. The molecule has 6 heteroatoms. The summed E-state index contributed by atoms with van der Waals surface area (Å²) in [5.41, 5.74) is 0.157. The van der Waals surface area contributed by atoms with E-state index in [1.54, 1.807) is 31.2 Å². The summed E-state index contributed by atoms with van der Waals surface area (Å²) in [6, 6.07) is 6.94. The third kappa shape index (κ3) is 6.44.